The minimum Gasteiger partial charge on any atom is -0.507 e. The van der Waals surface area contributed by atoms with E-state index in [-0.39, 0.29) is 37.6 Å². The number of benzene rings is 4. The van der Waals surface area contributed by atoms with E-state index < -0.39 is 0 Å². The summed E-state index contributed by atoms with van der Waals surface area (Å²) in [4.78, 5) is 9.85. The molecule has 0 radical (unpaired) electrons. The molecule has 0 bridgehead atoms. The third-order valence-electron chi connectivity index (χ3n) is 7.73. The van der Waals surface area contributed by atoms with Crippen LogP contribution in [-0.4, -0.2) is 19.6 Å². The number of imidazole rings is 1. The molecule has 0 aliphatic rings. The van der Waals surface area contributed by atoms with Gasteiger partial charge in [-0.2, -0.15) is 0 Å². The van der Waals surface area contributed by atoms with E-state index in [9.17, 15) is 5.11 Å². The number of aromatic nitrogens is 3. The zero-order valence-corrected chi connectivity index (χ0v) is 27.7. The summed E-state index contributed by atoms with van der Waals surface area (Å²) in [6.45, 7) is 13.5. The van der Waals surface area contributed by atoms with Crippen LogP contribution in [0, 0.1) is 6.07 Å². The fourth-order valence-electron chi connectivity index (χ4n) is 5.68. The first-order chi connectivity index (χ1) is 20.0. The van der Waals surface area contributed by atoms with Gasteiger partial charge in [-0.3, -0.25) is 9.55 Å². The molecular weight excluding hydrogens is 710 g/mol. The number of hydrogen-bond acceptors (Lipinski definition) is 3. The molecule has 1 N–H and O–H groups in total. The van der Waals surface area contributed by atoms with Crippen LogP contribution in [0.4, 0.5) is 0 Å². The largest absolute Gasteiger partial charge is 0.507 e. The Hall–Kier alpha value is -4.01. The third kappa shape index (κ3) is 5.69. The predicted octanol–water partition coefficient (Wildman–Crippen LogP) is 9.52. The first-order valence-corrected chi connectivity index (χ1v) is 14.4. The molecule has 43 heavy (non-hydrogen) atoms. The van der Waals surface area contributed by atoms with E-state index in [0.717, 1.165) is 39.1 Å². The Morgan fingerprint density at radius 2 is 1.26 bits per heavy atom. The summed E-state index contributed by atoms with van der Waals surface area (Å²) in [6.07, 6.45) is 1.80. The number of phenols is 1. The molecule has 2 heterocycles. The van der Waals surface area contributed by atoms with Crippen LogP contribution in [0.2, 0.25) is 0 Å². The normalized spacial score (nSPS) is 11.9. The molecule has 0 aliphatic carbocycles. The van der Waals surface area contributed by atoms with E-state index >= 15 is 0 Å². The van der Waals surface area contributed by atoms with E-state index in [1.165, 1.54) is 11.1 Å². The maximum absolute atomic E-state index is 11.1. The van der Waals surface area contributed by atoms with Crippen LogP contribution < -0.4 is 0 Å². The number of rotatable bonds is 4. The summed E-state index contributed by atoms with van der Waals surface area (Å²) < 4.78 is 2.26. The van der Waals surface area contributed by atoms with Gasteiger partial charge in [0.1, 0.15) is 11.6 Å². The van der Waals surface area contributed by atoms with E-state index in [1.54, 1.807) is 12.3 Å². The second kappa shape index (κ2) is 11.6. The second-order valence-corrected chi connectivity index (χ2v) is 12.9. The molecular formula is C38H36N3OPt-. The Kier molecular flexibility index (Phi) is 8.20. The minimum absolute atomic E-state index is 0. The van der Waals surface area contributed by atoms with Gasteiger partial charge < -0.3 is 5.11 Å². The van der Waals surface area contributed by atoms with Gasteiger partial charge in [-0.15, -0.1) is 29.8 Å². The summed E-state index contributed by atoms with van der Waals surface area (Å²) >= 11 is 0. The molecule has 0 saturated carbocycles. The van der Waals surface area contributed by atoms with E-state index in [0.29, 0.717) is 11.4 Å². The van der Waals surface area contributed by atoms with Crippen LogP contribution >= 0.6 is 0 Å². The fraction of sp³-hybridized carbons (Fsp3) is 0.211. The average Bonchev–Trinajstić information content (AvgIpc) is 3.36. The minimum atomic E-state index is -0.133. The van der Waals surface area contributed by atoms with Crippen molar-refractivity contribution in [3.05, 3.63) is 120 Å². The zero-order valence-electron chi connectivity index (χ0n) is 25.4. The monoisotopic (exact) mass is 745 g/mol. The van der Waals surface area contributed by atoms with Crippen molar-refractivity contribution in [3.63, 3.8) is 0 Å². The molecule has 6 aromatic rings. The molecule has 2 aromatic heterocycles. The molecule has 0 atom stereocenters. The van der Waals surface area contributed by atoms with Crippen molar-refractivity contribution in [2.75, 3.05) is 0 Å². The van der Waals surface area contributed by atoms with E-state index in [2.05, 4.69) is 99.6 Å². The van der Waals surface area contributed by atoms with Gasteiger partial charge in [0, 0.05) is 33.0 Å². The SMILES string of the molecule is CC(C)(C)c1cccc(C(C)(C)C)c1-n1c(-c2ccccc2O)nc2c(-c3[c-]c(-c4ccccn4)ccc3)cccc21.[Pt]. The van der Waals surface area contributed by atoms with Crippen molar-refractivity contribution in [3.8, 4) is 45.2 Å². The van der Waals surface area contributed by atoms with Crippen LogP contribution in [0.15, 0.2) is 103 Å². The maximum atomic E-state index is 11.1. The van der Waals surface area contributed by atoms with Crippen molar-refractivity contribution < 1.29 is 26.2 Å². The Labute approximate surface area is 268 Å². The Morgan fingerprint density at radius 1 is 0.651 bits per heavy atom. The van der Waals surface area contributed by atoms with E-state index in [1.807, 2.05) is 48.5 Å². The summed E-state index contributed by atoms with van der Waals surface area (Å²) in [5, 5.41) is 11.1. The molecule has 4 nitrogen and oxygen atoms in total. The number of para-hydroxylation sites is 3. The summed E-state index contributed by atoms with van der Waals surface area (Å²) in [6, 6.07) is 36.0. The van der Waals surface area contributed by atoms with Gasteiger partial charge in [0.25, 0.3) is 0 Å². The van der Waals surface area contributed by atoms with Gasteiger partial charge >= 0.3 is 0 Å². The quantitative estimate of drug-likeness (QED) is 0.183. The molecule has 5 heteroatoms. The number of pyridine rings is 1. The number of phenolic OH excluding ortho intramolecular Hbond substituents is 1. The topological polar surface area (TPSA) is 50.9 Å². The van der Waals surface area contributed by atoms with Crippen LogP contribution in [0.3, 0.4) is 0 Å². The number of fused-ring (bicyclic) bond motifs is 1. The number of nitrogens with zero attached hydrogens (tertiary/aromatic N) is 3. The molecule has 0 aliphatic heterocycles. The predicted molar refractivity (Wildman–Crippen MR) is 173 cm³/mol. The van der Waals surface area contributed by atoms with Gasteiger partial charge in [-0.1, -0.05) is 107 Å². The molecule has 0 amide bonds. The maximum Gasteiger partial charge on any atom is 0.148 e. The van der Waals surface area contributed by atoms with Gasteiger partial charge in [-0.05, 0) is 46.2 Å². The number of aromatic hydroxyl groups is 1. The van der Waals surface area contributed by atoms with Gasteiger partial charge in [0.05, 0.1) is 22.3 Å². The molecule has 4 aromatic carbocycles. The molecule has 0 unspecified atom stereocenters. The van der Waals surface area contributed by atoms with Gasteiger partial charge in [-0.25, -0.2) is 4.98 Å². The van der Waals surface area contributed by atoms with Crippen LogP contribution in [0.1, 0.15) is 52.7 Å². The summed E-state index contributed by atoms with van der Waals surface area (Å²) in [5.41, 5.74) is 9.54. The standard InChI is InChI=1S/C38H36N3O.Pt/c1-37(2,3)29-18-13-19-30(38(4,5)6)35(29)41-32-21-12-17-27(34(32)40-36(41)28-16-7-8-22-33(28)42)25-14-11-15-26(24-25)31-20-9-10-23-39-31;/h7-23,42H,1-6H3;/q-1;. The van der Waals surface area contributed by atoms with Crippen LogP contribution in [-0.2, 0) is 31.9 Å². The molecule has 0 fully saturated rings. The summed E-state index contributed by atoms with van der Waals surface area (Å²) in [7, 11) is 0. The molecule has 220 valence electrons. The van der Waals surface area contributed by atoms with Crippen molar-refractivity contribution in [2.45, 2.75) is 52.4 Å². The second-order valence-electron chi connectivity index (χ2n) is 12.9. The van der Waals surface area contributed by atoms with Gasteiger partial charge in [0.15, 0.2) is 0 Å². The van der Waals surface area contributed by atoms with Crippen molar-refractivity contribution in [1.29, 1.82) is 0 Å². The van der Waals surface area contributed by atoms with Crippen molar-refractivity contribution in [2.24, 2.45) is 0 Å². The first-order valence-electron chi connectivity index (χ1n) is 14.4. The van der Waals surface area contributed by atoms with Crippen LogP contribution in [0.5, 0.6) is 5.75 Å². The molecule has 6 rings (SSSR count). The molecule has 0 spiro atoms. The van der Waals surface area contributed by atoms with Crippen LogP contribution in [0.25, 0.3) is 50.5 Å². The summed E-state index contributed by atoms with van der Waals surface area (Å²) in [5.74, 6) is 0.906. The number of hydrogen-bond donors (Lipinski definition) is 1. The Morgan fingerprint density at radius 3 is 1.91 bits per heavy atom. The third-order valence-corrected chi connectivity index (χ3v) is 7.73. The fourth-order valence-corrected chi connectivity index (χ4v) is 5.68. The van der Waals surface area contributed by atoms with Crippen molar-refractivity contribution >= 4 is 11.0 Å². The van der Waals surface area contributed by atoms with Crippen molar-refractivity contribution in [1.82, 2.24) is 14.5 Å². The average molecular weight is 746 g/mol. The first kappa shape index (κ1) is 30.4. The van der Waals surface area contributed by atoms with Gasteiger partial charge in [0.2, 0.25) is 0 Å². The Balaban J connectivity index is 0.00000368. The smallest absolute Gasteiger partial charge is 0.148 e. The Bertz CT molecular complexity index is 1880. The molecule has 0 saturated heterocycles. The van der Waals surface area contributed by atoms with E-state index in [4.69, 9.17) is 4.98 Å². The zero-order chi connectivity index (χ0) is 29.6.